The zero-order valence-corrected chi connectivity index (χ0v) is 21.0. The van der Waals surface area contributed by atoms with Crippen LogP contribution in [0, 0.1) is 0 Å². The third-order valence-corrected chi connectivity index (χ3v) is 8.02. The quantitative estimate of drug-likeness (QED) is 0.250. The molecule has 1 fully saturated rings. The van der Waals surface area contributed by atoms with E-state index in [0.29, 0.717) is 29.1 Å². The van der Waals surface area contributed by atoms with E-state index in [9.17, 15) is 14.7 Å². The number of aromatic nitrogens is 2. The molecular weight excluding hydrogens is 470 g/mol. The molecule has 3 aliphatic rings. The fraction of sp³-hybridized carbons (Fsp3) is 0.448. The molecule has 8 nitrogen and oxygen atoms in total. The smallest absolute Gasteiger partial charge is 0.343 e. The van der Waals surface area contributed by atoms with E-state index >= 15 is 0 Å². The number of carbonyl (C=O) groups is 1. The lowest BCUT2D eigenvalue weighted by Gasteiger charge is -2.31. The molecule has 192 valence electrons. The normalized spacial score (nSPS) is 21.7. The number of ether oxygens (including phenoxy) is 1. The second kappa shape index (κ2) is 9.41. The molecule has 1 N–H and O–H groups in total. The van der Waals surface area contributed by atoms with Crippen LogP contribution < -0.4 is 5.56 Å². The zero-order chi connectivity index (χ0) is 25.6. The lowest BCUT2D eigenvalue weighted by molar-refractivity contribution is -0.172. The third kappa shape index (κ3) is 4.03. The van der Waals surface area contributed by atoms with Crippen molar-refractivity contribution in [3.63, 3.8) is 0 Å². The van der Waals surface area contributed by atoms with Crippen LogP contribution in [-0.2, 0) is 33.1 Å². The Labute approximate surface area is 214 Å². The number of rotatable bonds is 4. The predicted octanol–water partition coefficient (Wildman–Crippen LogP) is 4.54. The molecule has 4 heterocycles. The number of carbonyl (C=O) groups excluding carboxylic acids is 1. The van der Waals surface area contributed by atoms with E-state index in [1.54, 1.807) is 23.8 Å². The van der Waals surface area contributed by atoms with Crippen LogP contribution in [0.2, 0.25) is 0 Å². The van der Waals surface area contributed by atoms with Gasteiger partial charge in [-0.05, 0) is 44.2 Å². The minimum atomic E-state index is -1.84. The number of para-hydroxylation sites is 1. The molecule has 0 spiro atoms. The third-order valence-electron chi connectivity index (χ3n) is 8.02. The van der Waals surface area contributed by atoms with Gasteiger partial charge >= 0.3 is 5.97 Å². The van der Waals surface area contributed by atoms with Crippen LogP contribution in [0.15, 0.2) is 40.3 Å². The predicted molar refractivity (Wildman–Crippen MR) is 139 cm³/mol. The molecule has 2 aromatic heterocycles. The van der Waals surface area contributed by atoms with Crippen LogP contribution >= 0.6 is 0 Å². The van der Waals surface area contributed by atoms with E-state index in [1.807, 2.05) is 24.3 Å². The van der Waals surface area contributed by atoms with Crippen molar-refractivity contribution < 1.29 is 19.5 Å². The molecule has 0 radical (unpaired) electrons. The first kappa shape index (κ1) is 23.9. The Hall–Kier alpha value is -3.52. The summed E-state index contributed by atoms with van der Waals surface area (Å²) in [4.78, 5) is 36.6. The number of cyclic esters (lactones) is 1. The van der Waals surface area contributed by atoms with E-state index in [4.69, 9.17) is 14.6 Å². The van der Waals surface area contributed by atoms with Crippen molar-refractivity contribution in [3.8, 4) is 11.4 Å². The maximum atomic E-state index is 13.4. The van der Waals surface area contributed by atoms with Crippen molar-refractivity contribution in [2.24, 2.45) is 5.16 Å². The van der Waals surface area contributed by atoms with Gasteiger partial charge in [-0.15, -0.1) is 0 Å². The summed E-state index contributed by atoms with van der Waals surface area (Å²) in [6, 6.07) is 9.69. The average Bonchev–Trinajstić information content (AvgIpc) is 3.24. The summed E-state index contributed by atoms with van der Waals surface area (Å²) in [5.74, 6) is -0.723. The summed E-state index contributed by atoms with van der Waals surface area (Å²) in [5.41, 5.74) is 2.32. The fourth-order valence-electron chi connectivity index (χ4n) is 5.83. The van der Waals surface area contributed by atoms with Gasteiger partial charge in [0.2, 0.25) is 0 Å². The van der Waals surface area contributed by atoms with E-state index < -0.39 is 11.6 Å². The number of esters is 1. The van der Waals surface area contributed by atoms with Crippen molar-refractivity contribution in [1.82, 2.24) is 9.55 Å². The van der Waals surface area contributed by atoms with E-state index in [-0.39, 0.29) is 24.7 Å². The largest absolute Gasteiger partial charge is 0.458 e. The van der Waals surface area contributed by atoms with E-state index in [1.165, 1.54) is 32.1 Å². The Morgan fingerprint density at radius 1 is 1.19 bits per heavy atom. The number of benzene rings is 1. The Morgan fingerprint density at radius 3 is 2.76 bits per heavy atom. The van der Waals surface area contributed by atoms with Crippen molar-refractivity contribution in [3.05, 3.63) is 62.9 Å². The maximum absolute atomic E-state index is 13.4. The Bertz CT molecular complexity index is 1470. The van der Waals surface area contributed by atoms with Gasteiger partial charge in [-0.2, -0.15) is 0 Å². The lowest BCUT2D eigenvalue weighted by Crippen LogP contribution is -2.44. The first-order chi connectivity index (χ1) is 18.0. The van der Waals surface area contributed by atoms with Gasteiger partial charge in [-0.25, -0.2) is 9.78 Å². The van der Waals surface area contributed by atoms with Gasteiger partial charge in [-0.3, -0.25) is 4.79 Å². The second-order valence-corrected chi connectivity index (χ2v) is 10.3. The zero-order valence-electron chi connectivity index (χ0n) is 21.0. The summed E-state index contributed by atoms with van der Waals surface area (Å²) in [5, 5.41) is 16.4. The average molecular weight is 502 g/mol. The topological polar surface area (TPSA) is 103 Å². The Morgan fingerprint density at radius 2 is 1.97 bits per heavy atom. The summed E-state index contributed by atoms with van der Waals surface area (Å²) in [6.07, 6.45) is 10.2. The number of oxime groups is 1. The van der Waals surface area contributed by atoms with Crippen molar-refractivity contribution >= 4 is 23.1 Å². The van der Waals surface area contributed by atoms with Gasteiger partial charge in [0.15, 0.2) is 5.60 Å². The first-order valence-corrected chi connectivity index (χ1v) is 13.3. The van der Waals surface area contributed by atoms with Gasteiger partial charge in [0.05, 0.1) is 35.2 Å². The highest BCUT2D eigenvalue weighted by molar-refractivity contribution is 5.98. The Balaban J connectivity index is 1.38. The molecule has 1 aromatic carbocycles. The van der Waals surface area contributed by atoms with Crippen molar-refractivity contribution in [1.29, 1.82) is 0 Å². The standard InChI is InChI=1S/C29H31N3O5/c1-2-29(35)23-14-24-26-20(16-32(24)27(33)22(23)17-36-28(29)34)13-18-9-8-10-19(25(18)31-26)15-30-37-21-11-6-4-3-5-7-12-21/h8-10,13-15,21,35H,2-7,11-12,16-17H2,1H3/b30-15+/t29-/m0/s1. The lowest BCUT2D eigenvalue weighted by atomic mass is 9.86. The monoisotopic (exact) mass is 501 g/mol. The minimum Gasteiger partial charge on any atom is -0.458 e. The molecule has 1 aliphatic carbocycles. The van der Waals surface area contributed by atoms with Gasteiger partial charge < -0.3 is 19.2 Å². The van der Waals surface area contributed by atoms with Crippen LogP contribution in [0.5, 0.6) is 0 Å². The Kier molecular flexibility index (Phi) is 6.07. The van der Waals surface area contributed by atoms with Crippen LogP contribution in [0.3, 0.4) is 0 Å². The molecule has 6 rings (SSSR count). The highest BCUT2D eigenvalue weighted by atomic mass is 16.6. The second-order valence-electron chi connectivity index (χ2n) is 10.3. The van der Waals surface area contributed by atoms with Crippen LogP contribution in [0.4, 0.5) is 0 Å². The van der Waals surface area contributed by atoms with E-state index in [2.05, 4.69) is 5.16 Å². The molecule has 8 heteroatoms. The molecular formula is C29H31N3O5. The minimum absolute atomic E-state index is 0.112. The molecule has 2 aliphatic heterocycles. The number of hydrogen-bond donors (Lipinski definition) is 1. The van der Waals surface area contributed by atoms with Gasteiger partial charge in [0, 0.05) is 22.1 Å². The van der Waals surface area contributed by atoms with Gasteiger partial charge in [0.1, 0.15) is 12.7 Å². The first-order valence-electron chi connectivity index (χ1n) is 13.3. The highest BCUT2D eigenvalue weighted by Crippen LogP contribution is 2.38. The van der Waals surface area contributed by atoms with Crippen molar-refractivity contribution in [2.45, 2.75) is 83.1 Å². The number of pyridine rings is 2. The highest BCUT2D eigenvalue weighted by Gasteiger charge is 2.45. The van der Waals surface area contributed by atoms with Crippen LogP contribution in [0.1, 0.15) is 80.5 Å². The maximum Gasteiger partial charge on any atom is 0.343 e. The molecule has 3 aromatic rings. The van der Waals surface area contributed by atoms with Gasteiger partial charge in [-0.1, -0.05) is 49.5 Å². The summed E-state index contributed by atoms with van der Waals surface area (Å²) in [7, 11) is 0. The fourth-order valence-corrected chi connectivity index (χ4v) is 5.83. The molecule has 1 atom stereocenters. The van der Waals surface area contributed by atoms with Gasteiger partial charge in [0.25, 0.3) is 5.56 Å². The summed E-state index contributed by atoms with van der Waals surface area (Å²) in [6.45, 7) is 1.94. The molecule has 0 saturated heterocycles. The van der Waals surface area contributed by atoms with Crippen LogP contribution in [-0.4, -0.2) is 32.9 Å². The molecule has 1 saturated carbocycles. The molecule has 0 unspecified atom stereocenters. The number of nitrogens with zero attached hydrogens (tertiary/aromatic N) is 3. The van der Waals surface area contributed by atoms with E-state index in [0.717, 1.165) is 34.9 Å². The molecule has 0 amide bonds. The van der Waals surface area contributed by atoms with Crippen LogP contribution in [0.25, 0.3) is 22.3 Å². The number of hydrogen-bond acceptors (Lipinski definition) is 7. The summed E-state index contributed by atoms with van der Waals surface area (Å²) >= 11 is 0. The summed E-state index contributed by atoms with van der Waals surface area (Å²) < 4.78 is 6.81. The SMILES string of the molecule is CC[C@@]1(O)C(=O)OCc2c1cc1n(c2=O)Cc2cc3cccc(/C=N/OC4CCCCCCC4)c3nc2-1. The van der Waals surface area contributed by atoms with Crippen molar-refractivity contribution in [2.75, 3.05) is 0 Å². The number of aliphatic hydroxyl groups is 1. The number of fused-ring (bicyclic) bond motifs is 5. The molecule has 37 heavy (non-hydrogen) atoms. The molecule has 0 bridgehead atoms.